The molecule has 3 fully saturated rings. The Kier molecular flexibility index (Phi) is 7.45. The number of rotatable bonds is 6. The quantitative estimate of drug-likeness (QED) is 0.612. The molecule has 2 aromatic carbocycles. The Morgan fingerprint density at radius 1 is 1.00 bits per heavy atom. The summed E-state index contributed by atoms with van der Waals surface area (Å²) >= 11 is 0. The summed E-state index contributed by atoms with van der Waals surface area (Å²) < 4.78 is 5.57. The Labute approximate surface area is 202 Å². The maximum atomic E-state index is 12.5. The van der Waals surface area contributed by atoms with Gasteiger partial charge in [0.1, 0.15) is 12.4 Å². The van der Waals surface area contributed by atoms with Crippen molar-refractivity contribution in [1.82, 2.24) is 20.4 Å². The number of nitrogens with one attached hydrogen (secondary N) is 3. The van der Waals surface area contributed by atoms with Gasteiger partial charge >= 0.3 is 0 Å². The molecule has 2 aromatic rings. The van der Waals surface area contributed by atoms with Gasteiger partial charge in [0.05, 0.1) is 0 Å². The largest absolute Gasteiger partial charge is 0.368 e. The lowest BCUT2D eigenvalue weighted by Gasteiger charge is -2.35. The van der Waals surface area contributed by atoms with Crippen LogP contribution in [-0.4, -0.2) is 74.0 Å². The topological polar surface area (TPSA) is 68.9 Å². The number of aryl methyl sites for hydroxylation is 1. The normalized spacial score (nSPS) is 25.9. The number of amides is 1. The molecular formula is C27H37N5O2. The third-order valence-electron chi connectivity index (χ3n) is 7.25. The smallest absolute Gasteiger partial charge is 0.251 e. The van der Waals surface area contributed by atoms with Gasteiger partial charge in [-0.1, -0.05) is 42.0 Å². The lowest BCUT2D eigenvalue weighted by atomic mass is 9.97. The van der Waals surface area contributed by atoms with E-state index in [4.69, 9.17) is 4.74 Å². The Hall–Kier alpha value is -2.45. The standard InChI is InChI=1S/C27H37N5O2/c1-20-4-8-22(9-5-20)23-17-28-27(29-18-23)30-24-10-6-21(7-11-24)19-31-12-14-32(15-13-31)26(33)25-3-2-16-34-25/h4-11,23,25,27-30H,2-3,12-19H2,1H3. The summed E-state index contributed by atoms with van der Waals surface area (Å²) in [5.74, 6) is 0.671. The van der Waals surface area contributed by atoms with E-state index in [1.54, 1.807) is 0 Å². The molecule has 7 heteroatoms. The summed E-state index contributed by atoms with van der Waals surface area (Å²) in [6.07, 6.45) is 1.75. The van der Waals surface area contributed by atoms with E-state index in [9.17, 15) is 4.79 Å². The molecule has 34 heavy (non-hydrogen) atoms. The summed E-state index contributed by atoms with van der Waals surface area (Å²) in [7, 11) is 0. The number of nitrogens with zero attached hydrogens (tertiary/aromatic N) is 2. The molecule has 0 aromatic heterocycles. The van der Waals surface area contributed by atoms with E-state index in [0.29, 0.717) is 5.92 Å². The summed E-state index contributed by atoms with van der Waals surface area (Å²) in [6.45, 7) is 9.08. The van der Waals surface area contributed by atoms with E-state index in [-0.39, 0.29) is 18.3 Å². The van der Waals surface area contributed by atoms with Crippen molar-refractivity contribution >= 4 is 11.6 Å². The van der Waals surface area contributed by atoms with E-state index in [2.05, 4.69) is 76.3 Å². The SMILES string of the molecule is Cc1ccc(C2CNC(Nc3ccc(CN4CCN(C(=O)C5CCCO5)CC4)cc3)NC2)cc1. The number of carbonyl (C=O) groups excluding carboxylic acids is 1. The third-order valence-corrected chi connectivity index (χ3v) is 7.25. The van der Waals surface area contributed by atoms with Crippen molar-refractivity contribution in [3.05, 3.63) is 65.2 Å². The van der Waals surface area contributed by atoms with Crippen molar-refractivity contribution in [1.29, 1.82) is 0 Å². The van der Waals surface area contributed by atoms with Crippen molar-refractivity contribution in [3.63, 3.8) is 0 Å². The van der Waals surface area contributed by atoms with Crippen molar-refractivity contribution in [2.75, 3.05) is 51.2 Å². The first-order valence-electron chi connectivity index (χ1n) is 12.7. The van der Waals surface area contributed by atoms with Crippen LogP contribution in [0, 0.1) is 6.92 Å². The average molecular weight is 464 g/mol. The number of benzene rings is 2. The molecule has 1 amide bonds. The van der Waals surface area contributed by atoms with Crippen LogP contribution >= 0.6 is 0 Å². The first kappa shape index (κ1) is 23.3. The molecule has 5 rings (SSSR count). The molecule has 1 atom stereocenters. The van der Waals surface area contributed by atoms with Gasteiger partial charge < -0.3 is 15.0 Å². The minimum atomic E-state index is -0.201. The van der Waals surface area contributed by atoms with Crippen LogP contribution in [0.15, 0.2) is 48.5 Å². The number of anilines is 1. The van der Waals surface area contributed by atoms with Crippen LogP contribution in [0.5, 0.6) is 0 Å². The Morgan fingerprint density at radius 2 is 1.71 bits per heavy atom. The highest BCUT2D eigenvalue weighted by Crippen LogP contribution is 2.20. The second-order valence-electron chi connectivity index (χ2n) is 9.80. The molecule has 3 aliphatic rings. The van der Waals surface area contributed by atoms with Crippen molar-refractivity contribution < 1.29 is 9.53 Å². The zero-order valence-electron chi connectivity index (χ0n) is 20.1. The van der Waals surface area contributed by atoms with Crippen LogP contribution in [0.4, 0.5) is 5.69 Å². The van der Waals surface area contributed by atoms with Crippen LogP contribution < -0.4 is 16.0 Å². The molecule has 0 bridgehead atoms. The first-order chi connectivity index (χ1) is 16.6. The molecule has 182 valence electrons. The highest BCUT2D eigenvalue weighted by atomic mass is 16.5. The van der Waals surface area contributed by atoms with Gasteiger partial charge in [-0.15, -0.1) is 0 Å². The van der Waals surface area contributed by atoms with Gasteiger partial charge in [-0.25, -0.2) is 0 Å². The zero-order chi connectivity index (χ0) is 23.3. The highest BCUT2D eigenvalue weighted by Gasteiger charge is 2.30. The molecule has 3 N–H and O–H groups in total. The molecule has 0 aliphatic carbocycles. The number of hydrogen-bond acceptors (Lipinski definition) is 6. The third kappa shape index (κ3) is 5.78. The summed E-state index contributed by atoms with van der Waals surface area (Å²) in [4.78, 5) is 16.9. The molecule has 0 spiro atoms. The van der Waals surface area contributed by atoms with Crippen molar-refractivity contribution in [2.24, 2.45) is 0 Å². The maximum absolute atomic E-state index is 12.5. The fraction of sp³-hybridized carbons (Fsp3) is 0.519. The van der Waals surface area contributed by atoms with Gasteiger partial charge in [0.15, 0.2) is 0 Å². The summed E-state index contributed by atoms with van der Waals surface area (Å²) in [6, 6.07) is 17.5. The fourth-order valence-corrected chi connectivity index (χ4v) is 5.07. The highest BCUT2D eigenvalue weighted by molar-refractivity contribution is 5.81. The second-order valence-corrected chi connectivity index (χ2v) is 9.80. The Balaban J connectivity index is 1.04. The van der Waals surface area contributed by atoms with Gasteiger partial charge in [0, 0.05) is 64.0 Å². The Morgan fingerprint density at radius 3 is 2.35 bits per heavy atom. The van der Waals surface area contributed by atoms with Crippen LogP contribution in [0.3, 0.4) is 0 Å². The van der Waals surface area contributed by atoms with E-state index >= 15 is 0 Å². The zero-order valence-corrected chi connectivity index (χ0v) is 20.1. The first-order valence-corrected chi connectivity index (χ1v) is 12.7. The van der Waals surface area contributed by atoms with Crippen molar-refractivity contribution in [3.8, 4) is 0 Å². The van der Waals surface area contributed by atoms with Crippen molar-refractivity contribution in [2.45, 2.75) is 44.6 Å². The van der Waals surface area contributed by atoms with E-state index in [0.717, 1.165) is 70.9 Å². The molecule has 0 saturated carbocycles. The van der Waals surface area contributed by atoms with Gasteiger partial charge in [-0.2, -0.15) is 0 Å². The van der Waals surface area contributed by atoms with Gasteiger partial charge in [0.25, 0.3) is 5.91 Å². The van der Waals surface area contributed by atoms with Crippen LogP contribution in [0.25, 0.3) is 0 Å². The lowest BCUT2D eigenvalue weighted by Crippen LogP contribution is -2.55. The number of ether oxygens (including phenoxy) is 1. The van der Waals surface area contributed by atoms with Crippen LogP contribution in [0.2, 0.25) is 0 Å². The van der Waals surface area contributed by atoms with Gasteiger partial charge in [-0.05, 0) is 43.0 Å². The summed E-state index contributed by atoms with van der Waals surface area (Å²) in [5, 5.41) is 10.7. The van der Waals surface area contributed by atoms with E-state index < -0.39 is 0 Å². The minimum Gasteiger partial charge on any atom is -0.368 e. The lowest BCUT2D eigenvalue weighted by molar-refractivity contribution is -0.142. The maximum Gasteiger partial charge on any atom is 0.251 e. The molecule has 3 saturated heterocycles. The minimum absolute atomic E-state index is 0.0713. The molecule has 7 nitrogen and oxygen atoms in total. The average Bonchev–Trinajstić information content (AvgIpc) is 3.42. The second kappa shape index (κ2) is 10.9. The number of hydrogen-bond donors (Lipinski definition) is 3. The monoisotopic (exact) mass is 463 g/mol. The van der Waals surface area contributed by atoms with E-state index in [1.807, 2.05) is 4.90 Å². The van der Waals surface area contributed by atoms with Gasteiger partial charge in [-0.3, -0.25) is 20.3 Å². The number of carbonyl (C=O) groups is 1. The molecule has 1 unspecified atom stereocenters. The molecule has 0 radical (unpaired) electrons. The van der Waals surface area contributed by atoms with Gasteiger partial charge in [0.2, 0.25) is 0 Å². The molecule has 3 heterocycles. The predicted octanol–water partition coefficient (Wildman–Crippen LogP) is 2.49. The Bertz CT molecular complexity index is 926. The molecular weight excluding hydrogens is 426 g/mol. The number of piperazine rings is 1. The van der Waals surface area contributed by atoms with E-state index in [1.165, 1.54) is 16.7 Å². The summed E-state index contributed by atoms with van der Waals surface area (Å²) in [5.41, 5.74) is 5.09. The molecule has 3 aliphatic heterocycles. The van der Waals surface area contributed by atoms with Crippen LogP contribution in [-0.2, 0) is 16.1 Å². The predicted molar refractivity (Wildman–Crippen MR) is 135 cm³/mol. The van der Waals surface area contributed by atoms with Crippen LogP contribution in [0.1, 0.15) is 35.4 Å². The fourth-order valence-electron chi connectivity index (χ4n) is 5.07.